The van der Waals surface area contributed by atoms with Crippen LogP contribution in [-0.4, -0.2) is 33.6 Å². The summed E-state index contributed by atoms with van der Waals surface area (Å²) in [6, 6.07) is 5.50. The van der Waals surface area contributed by atoms with E-state index in [9.17, 15) is 13.6 Å². The van der Waals surface area contributed by atoms with Gasteiger partial charge in [0.05, 0.1) is 11.9 Å². The quantitative estimate of drug-likeness (QED) is 0.284. The number of aryl methyl sites for hydroxylation is 1. The molecule has 30 heavy (non-hydrogen) atoms. The minimum absolute atomic E-state index is 0.0468. The molecule has 0 aliphatic heterocycles. The van der Waals surface area contributed by atoms with Crippen LogP contribution in [0.5, 0.6) is 0 Å². The van der Waals surface area contributed by atoms with Crippen molar-refractivity contribution in [2.24, 2.45) is 5.73 Å². The fourth-order valence-electron chi connectivity index (χ4n) is 3.04. The summed E-state index contributed by atoms with van der Waals surface area (Å²) >= 11 is 0. The highest BCUT2D eigenvalue weighted by atomic mass is 19.3. The highest BCUT2D eigenvalue weighted by Gasteiger charge is 2.27. The number of fused-ring (bicyclic) bond motifs is 1. The number of nitrogens with one attached hydrogen (secondary N) is 1. The lowest BCUT2D eigenvalue weighted by Crippen LogP contribution is -2.24. The predicted octanol–water partition coefficient (Wildman–Crippen LogP) is 3.28. The summed E-state index contributed by atoms with van der Waals surface area (Å²) in [6.07, 6.45) is 10.7. The van der Waals surface area contributed by atoms with Gasteiger partial charge in [-0.25, -0.2) is 13.8 Å². The SMILES string of the molecule is N/C=C(\C=C/Cc1ccno1)n1ccc2cc(CCC(F)(F)CCNC=O)cnc21. The third-order valence-electron chi connectivity index (χ3n) is 4.63. The van der Waals surface area contributed by atoms with Crippen LogP contribution >= 0.6 is 0 Å². The van der Waals surface area contributed by atoms with Crippen molar-refractivity contribution >= 4 is 23.1 Å². The summed E-state index contributed by atoms with van der Waals surface area (Å²) in [4.78, 5) is 14.6. The second-order valence-corrected chi connectivity index (χ2v) is 6.80. The first-order valence-corrected chi connectivity index (χ1v) is 9.51. The molecule has 0 saturated heterocycles. The maximum atomic E-state index is 13.9. The van der Waals surface area contributed by atoms with Crippen LogP contribution in [0.15, 0.2) is 59.7 Å². The summed E-state index contributed by atoms with van der Waals surface area (Å²) in [7, 11) is 0. The van der Waals surface area contributed by atoms with Crippen molar-refractivity contribution in [1.82, 2.24) is 20.0 Å². The topological polar surface area (TPSA) is 99.0 Å². The predicted molar refractivity (Wildman–Crippen MR) is 109 cm³/mol. The number of allylic oxidation sites excluding steroid dienone is 3. The maximum absolute atomic E-state index is 13.9. The number of nitrogens with zero attached hydrogens (tertiary/aromatic N) is 3. The highest BCUT2D eigenvalue weighted by Crippen LogP contribution is 2.26. The minimum atomic E-state index is -2.85. The Labute approximate surface area is 172 Å². The van der Waals surface area contributed by atoms with Crippen LogP contribution < -0.4 is 11.1 Å². The van der Waals surface area contributed by atoms with Gasteiger partial charge in [-0.05, 0) is 30.2 Å². The van der Waals surface area contributed by atoms with Crippen LogP contribution in [0.2, 0.25) is 0 Å². The second-order valence-electron chi connectivity index (χ2n) is 6.80. The van der Waals surface area contributed by atoms with E-state index in [1.54, 1.807) is 18.5 Å². The number of pyridine rings is 1. The van der Waals surface area contributed by atoms with E-state index in [1.165, 1.54) is 6.20 Å². The summed E-state index contributed by atoms with van der Waals surface area (Å²) in [6.45, 7) is -0.0468. The minimum Gasteiger partial charge on any atom is -0.403 e. The molecule has 0 bridgehead atoms. The molecule has 0 aliphatic carbocycles. The van der Waals surface area contributed by atoms with E-state index in [0.29, 0.717) is 18.5 Å². The summed E-state index contributed by atoms with van der Waals surface area (Å²) in [5.41, 5.74) is 7.91. The average molecular weight is 415 g/mol. The van der Waals surface area contributed by atoms with Crippen molar-refractivity contribution in [3.8, 4) is 0 Å². The number of rotatable bonds is 11. The molecule has 0 spiro atoms. The number of alkyl halides is 2. The lowest BCUT2D eigenvalue weighted by Gasteiger charge is -2.15. The Hall–Kier alpha value is -3.49. The van der Waals surface area contributed by atoms with Gasteiger partial charge in [0.2, 0.25) is 12.3 Å². The van der Waals surface area contributed by atoms with Crippen molar-refractivity contribution in [1.29, 1.82) is 0 Å². The fraction of sp³-hybridized carbons (Fsp3) is 0.286. The van der Waals surface area contributed by atoms with E-state index in [-0.39, 0.29) is 25.8 Å². The molecule has 9 heteroatoms. The number of nitrogens with two attached hydrogens (primary N) is 1. The van der Waals surface area contributed by atoms with Gasteiger partial charge in [-0.3, -0.25) is 9.36 Å². The molecule has 0 aliphatic rings. The summed E-state index contributed by atoms with van der Waals surface area (Å²) in [5.74, 6) is -2.11. The summed E-state index contributed by atoms with van der Waals surface area (Å²) < 4.78 is 34.7. The van der Waals surface area contributed by atoms with Crippen LogP contribution in [0, 0.1) is 0 Å². The Bertz CT molecular complexity index is 1030. The Kier molecular flexibility index (Phi) is 6.95. The van der Waals surface area contributed by atoms with E-state index in [2.05, 4.69) is 15.5 Å². The number of hydrogen-bond donors (Lipinski definition) is 2. The van der Waals surface area contributed by atoms with E-state index in [4.69, 9.17) is 10.3 Å². The number of hydrogen-bond acceptors (Lipinski definition) is 5. The number of aromatic nitrogens is 3. The molecular weight excluding hydrogens is 392 g/mol. The van der Waals surface area contributed by atoms with Gasteiger partial charge in [0, 0.05) is 55.9 Å². The van der Waals surface area contributed by atoms with Crippen molar-refractivity contribution < 1.29 is 18.1 Å². The van der Waals surface area contributed by atoms with Crippen LogP contribution in [0.25, 0.3) is 16.7 Å². The zero-order valence-corrected chi connectivity index (χ0v) is 16.3. The molecule has 158 valence electrons. The number of amides is 1. The molecule has 3 rings (SSSR count). The van der Waals surface area contributed by atoms with Gasteiger partial charge in [0.25, 0.3) is 0 Å². The number of halogens is 2. The smallest absolute Gasteiger partial charge is 0.250 e. The Morgan fingerprint density at radius 3 is 2.93 bits per heavy atom. The van der Waals surface area contributed by atoms with Crippen molar-refractivity contribution in [3.05, 3.63) is 66.5 Å². The molecule has 3 aromatic heterocycles. The molecule has 7 nitrogen and oxygen atoms in total. The Morgan fingerprint density at radius 1 is 1.33 bits per heavy atom. The molecule has 0 atom stereocenters. The maximum Gasteiger partial charge on any atom is 0.250 e. The standard InChI is InChI=1S/C21H23F2N5O2/c22-21(23,8-10-25-15-29)7-4-16-12-17-6-11-28(20(17)26-14-16)18(13-24)2-1-3-19-5-9-27-30-19/h1-2,5-6,9,11-15H,3-4,7-8,10,24H2,(H,25,29)/b2-1-,18-13+. The van der Waals surface area contributed by atoms with Gasteiger partial charge in [-0.15, -0.1) is 0 Å². The molecule has 1 amide bonds. The Balaban J connectivity index is 1.67. The van der Waals surface area contributed by atoms with Crippen molar-refractivity contribution in [2.75, 3.05) is 6.54 Å². The normalized spacial score (nSPS) is 12.7. The van der Waals surface area contributed by atoms with Crippen LogP contribution in [0.3, 0.4) is 0 Å². The first kappa shape index (κ1) is 21.2. The van der Waals surface area contributed by atoms with Crippen molar-refractivity contribution in [2.45, 2.75) is 31.6 Å². The van der Waals surface area contributed by atoms with Crippen LogP contribution in [-0.2, 0) is 17.6 Å². The average Bonchev–Trinajstić information content (AvgIpc) is 3.40. The largest absolute Gasteiger partial charge is 0.403 e. The second kappa shape index (κ2) is 9.82. The molecule has 3 N–H and O–H groups in total. The summed E-state index contributed by atoms with van der Waals surface area (Å²) in [5, 5.41) is 6.76. The molecule has 0 aromatic carbocycles. The van der Waals surface area contributed by atoms with E-state index in [1.807, 2.05) is 35.0 Å². The third-order valence-corrected chi connectivity index (χ3v) is 4.63. The molecule has 3 aromatic rings. The van der Waals surface area contributed by atoms with E-state index >= 15 is 0 Å². The molecule has 0 saturated carbocycles. The first-order chi connectivity index (χ1) is 14.5. The Morgan fingerprint density at radius 2 is 2.20 bits per heavy atom. The van der Waals surface area contributed by atoms with Crippen LogP contribution in [0.4, 0.5) is 8.78 Å². The lowest BCUT2D eigenvalue weighted by atomic mass is 10.0. The van der Waals surface area contributed by atoms with Gasteiger partial charge >= 0.3 is 0 Å². The van der Waals surface area contributed by atoms with E-state index < -0.39 is 5.92 Å². The van der Waals surface area contributed by atoms with Gasteiger partial charge in [-0.1, -0.05) is 11.2 Å². The number of carbonyl (C=O) groups excluding carboxylic acids is 1. The van der Waals surface area contributed by atoms with Gasteiger partial charge in [-0.2, -0.15) is 0 Å². The number of carbonyl (C=O) groups is 1. The molecule has 3 heterocycles. The highest BCUT2D eigenvalue weighted by molar-refractivity contribution is 5.81. The monoisotopic (exact) mass is 415 g/mol. The zero-order valence-electron chi connectivity index (χ0n) is 16.3. The van der Waals surface area contributed by atoms with Gasteiger partial charge < -0.3 is 15.6 Å². The molecule has 0 radical (unpaired) electrons. The first-order valence-electron chi connectivity index (χ1n) is 9.51. The van der Waals surface area contributed by atoms with Crippen molar-refractivity contribution in [3.63, 3.8) is 0 Å². The fourth-order valence-corrected chi connectivity index (χ4v) is 3.04. The molecular formula is C21H23F2N5O2. The lowest BCUT2D eigenvalue weighted by molar-refractivity contribution is -0.109. The van der Waals surface area contributed by atoms with E-state index in [0.717, 1.165) is 22.4 Å². The molecule has 0 fully saturated rings. The zero-order chi connectivity index (χ0) is 21.4. The third kappa shape index (κ3) is 5.53. The van der Waals surface area contributed by atoms with Gasteiger partial charge in [0.1, 0.15) is 11.4 Å². The van der Waals surface area contributed by atoms with Crippen LogP contribution in [0.1, 0.15) is 24.2 Å². The molecule has 0 unspecified atom stereocenters. The van der Waals surface area contributed by atoms with Gasteiger partial charge in [0.15, 0.2) is 0 Å².